The van der Waals surface area contributed by atoms with Crippen LogP contribution in [0.5, 0.6) is 0 Å². The van der Waals surface area contributed by atoms with Crippen molar-refractivity contribution in [2.75, 3.05) is 12.9 Å². The third-order valence-electron chi connectivity index (χ3n) is 3.09. The van der Waals surface area contributed by atoms with Gasteiger partial charge in [0.25, 0.3) is 0 Å². The van der Waals surface area contributed by atoms with Crippen LogP contribution in [0.2, 0.25) is 0 Å². The Labute approximate surface area is 142 Å². The lowest BCUT2D eigenvalue weighted by molar-refractivity contribution is -0.200. The van der Waals surface area contributed by atoms with E-state index in [1.54, 1.807) is 6.26 Å². The van der Waals surface area contributed by atoms with Gasteiger partial charge in [-0.3, -0.25) is 14.4 Å². The summed E-state index contributed by atoms with van der Waals surface area (Å²) in [5, 5.41) is 3.62. The van der Waals surface area contributed by atoms with Gasteiger partial charge in [-0.2, -0.15) is 0 Å². The van der Waals surface area contributed by atoms with Crippen molar-refractivity contribution in [3.8, 4) is 0 Å². The molecule has 10 nitrogen and oxygen atoms in total. The average molecular weight is 361 g/mol. The van der Waals surface area contributed by atoms with Crippen LogP contribution in [-0.4, -0.2) is 60.6 Å². The Kier molecular flexibility index (Phi) is 7.83. The van der Waals surface area contributed by atoms with Crippen molar-refractivity contribution in [1.29, 1.82) is 0 Å². The van der Waals surface area contributed by atoms with Crippen LogP contribution < -0.4 is 0 Å². The molecule has 0 amide bonds. The summed E-state index contributed by atoms with van der Waals surface area (Å²) < 4.78 is 21.0. The van der Waals surface area contributed by atoms with Crippen LogP contribution in [0.25, 0.3) is 10.4 Å². The number of hydrogen-bond acceptors (Lipinski definition) is 9. The zero-order valence-electron chi connectivity index (χ0n) is 13.7. The van der Waals surface area contributed by atoms with Gasteiger partial charge in [0.1, 0.15) is 36.4 Å². The maximum Gasteiger partial charge on any atom is 0.303 e. The van der Waals surface area contributed by atoms with E-state index < -0.39 is 47.7 Å². The summed E-state index contributed by atoms with van der Waals surface area (Å²) in [4.78, 5) is 36.5. The Hall–Kier alpha value is -1.97. The minimum atomic E-state index is -1.06. The first-order valence-electron chi connectivity index (χ1n) is 7.00. The van der Waals surface area contributed by atoms with Crippen molar-refractivity contribution in [2.24, 2.45) is 5.11 Å². The summed E-state index contributed by atoms with van der Waals surface area (Å²) in [6, 6.07) is -1.02. The smallest absolute Gasteiger partial charge is 0.303 e. The van der Waals surface area contributed by atoms with Crippen molar-refractivity contribution in [2.45, 2.75) is 50.6 Å². The van der Waals surface area contributed by atoms with Crippen LogP contribution in [-0.2, 0) is 33.3 Å². The highest BCUT2D eigenvalue weighted by atomic mass is 32.2. The molecule has 1 fully saturated rings. The molecule has 1 aliphatic heterocycles. The van der Waals surface area contributed by atoms with Crippen LogP contribution in [0.1, 0.15) is 20.8 Å². The number of thioether (sulfide) groups is 1. The van der Waals surface area contributed by atoms with Crippen molar-refractivity contribution < 1.29 is 33.3 Å². The molecule has 1 saturated heterocycles. The van der Waals surface area contributed by atoms with Gasteiger partial charge in [-0.1, -0.05) is 5.11 Å². The number of rotatable bonds is 6. The molecule has 0 aromatic heterocycles. The van der Waals surface area contributed by atoms with E-state index in [0.717, 1.165) is 0 Å². The van der Waals surface area contributed by atoms with E-state index >= 15 is 0 Å². The van der Waals surface area contributed by atoms with Crippen molar-refractivity contribution in [1.82, 2.24) is 0 Å². The largest absolute Gasteiger partial charge is 0.463 e. The number of hydrogen-bond donors (Lipinski definition) is 0. The second-order valence-electron chi connectivity index (χ2n) is 4.92. The Bertz CT molecular complexity index is 538. The van der Waals surface area contributed by atoms with E-state index in [-0.39, 0.29) is 6.61 Å². The van der Waals surface area contributed by atoms with Crippen molar-refractivity contribution >= 4 is 29.7 Å². The fourth-order valence-corrected chi connectivity index (χ4v) is 3.00. The number of azide groups is 1. The predicted molar refractivity (Wildman–Crippen MR) is 82.9 cm³/mol. The molecular weight excluding hydrogens is 342 g/mol. The molecule has 0 aromatic carbocycles. The van der Waals surface area contributed by atoms with Crippen molar-refractivity contribution in [3.63, 3.8) is 0 Å². The Balaban J connectivity index is 3.17. The number of carbonyl (C=O) groups excluding carboxylic acids is 3. The molecule has 0 spiro atoms. The molecule has 1 rings (SSSR count). The van der Waals surface area contributed by atoms with Gasteiger partial charge in [0.05, 0.1) is 0 Å². The molecule has 0 aliphatic carbocycles. The molecule has 0 bridgehead atoms. The predicted octanol–water partition coefficient (Wildman–Crippen LogP) is 1.18. The maximum absolute atomic E-state index is 11.4. The minimum Gasteiger partial charge on any atom is -0.463 e. The second-order valence-corrected chi connectivity index (χ2v) is 5.86. The molecule has 0 aromatic rings. The number of nitrogens with zero attached hydrogens (tertiary/aromatic N) is 3. The lowest BCUT2D eigenvalue weighted by Gasteiger charge is -2.43. The number of ether oxygens (including phenoxy) is 4. The lowest BCUT2D eigenvalue weighted by atomic mass is 9.97. The van der Waals surface area contributed by atoms with Crippen LogP contribution in [0.4, 0.5) is 0 Å². The molecule has 134 valence electrons. The minimum absolute atomic E-state index is 0.200. The Morgan fingerprint density at radius 3 is 2.17 bits per heavy atom. The van der Waals surface area contributed by atoms with Gasteiger partial charge in [0.15, 0.2) is 0 Å². The van der Waals surface area contributed by atoms with E-state index in [4.69, 9.17) is 24.5 Å². The Morgan fingerprint density at radius 2 is 1.71 bits per heavy atom. The maximum atomic E-state index is 11.4. The molecule has 0 radical (unpaired) electrons. The van der Waals surface area contributed by atoms with E-state index in [2.05, 4.69) is 10.0 Å². The lowest BCUT2D eigenvalue weighted by Crippen LogP contribution is -2.59. The fourth-order valence-electron chi connectivity index (χ4n) is 2.26. The molecule has 2 unspecified atom stereocenters. The zero-order chi connectivity index (χ0) is 18.3. The first kappa shape index (κ1) is 20.1. The average Bonchev–Trinajstić information content (AvgIpc) is 2.48. The third-order valence-corrected chi connectivity index (χ3v) is 3.93. The second kappa shape index (κ2) is 9.36. The van der Waals surface area contributed by atoms with Crippen LogP contribution >= 0.6 is 11.8 Å². The van der Waals surface area contributed by atoms with Crippen LogP contribution in [0.15, 0.2) is 5.11 Å². The molecule has 24 heavy (non-hydrogen) atoms. The number of esters is 3. The zero-order valence-corrected chi connectivity index (χ0v) is 14.5. The summed E-state index contributed by atoms with van der Waals surface area (Å²) in [6.07, 6.45) is -1.17. The summed E-state index contributed by atoms with van der Waals surface area (Å²) >= 11 is 1.22. The van der Waals surface area contributed by atoms with E-state index in [9.17, 15) is 14.4 Å². The van der Waals surface area contributed by atoms with Gasteiger partial charge in [0.2, 0.25) is 0 Å². The third kappa shape index (κ3) is 5.59. The molecular formula is C13H19N3O7S. The SMILES string of the molecule is CS[C@@H]1OC(COC(C)=O)[C@@H](OC(C)=O)[C@H](N=[N+]=[N-])C1OC(C)=O. The standard InChI is InChI=1S/C13H19N3O7S/c1-6(17)20-5-9-11(21-7(2)18)10(15-16-14)12(22-8(3)19)13(23-9)24-4/h9-13H,5H2,1-4H3/t9?,10-,11+,12?,13-/m0/s1. The first-order valence-corrected chi connectivity index (χ1v) is 8.29. The molecule has 11 heteroatoms. The quantitative estimate of drug-likeness (QED) is 0.226. The van der Waals surface area contributed by atoms with Gasteiger partial charge in [-0.25, -0.2) is 0 Å². The van der Waals surface area contributed by atoms with E-state index in [1.807, 2.05) is 0 Å². The van der Waals surface area contributed by atoms with E-state index in [1.165, 1.54) is 32.5 Å². The highest BCUT2D eigenvalue weighted by Gasteiger charge is 2.49. The fraction of sp³-hybridized carbons (Fsp3) is 0.769. The summed E-state index contributed by atoms with van der Waals surface area (Å²) in [7, 11) is 0. The Morgan fingerprint density at radius 1 is 1.12 bits per heavy atom. The summed E-state index contributed by atoms with van der Waals surface area (Å²) in [6.45, 7) is 3.41. The normalized spacial score (nSPS) is 29.1. The van der Waals surface area contributed by atoms with Gasteiger partial charge in [0, 0.05) is 25.7 Å². The first-order chi connectivity index (χ1) is 11.3. The van der Waals surface area contributed by atoms with Crippen molar-refractivity contribution in [3.05, 3.63) is 10.4 Å². The summed E-state index contributed by atoms with van der Waals surface area (Å²) in [5.74, 6) is -1.78. The molecule has 1 aliphatic rings. The van der Waals surface area contributed by atoms with Crippen LogP contribution in [0, 0.1) is 0 Å². The monoisotopic (exact) mass is 361 g/mol. The van der Waals surface area contributed by atoms with Gasteiger partial charge in [-0.15, -0.1) is 11.8 Å². The highest BCUT2D eigenvalue weighted by molar-refractivity contribution is 7.99. The van der Waals surface area contributed by atoms with Gasteiger partial charge >= 0.3 is 17.9 Å². The molecule has 5 atom stereocenters. The highest BCUT2D eigenvalue weighted by Crippen LogP contribution is 2.33. The van der Waals surface area contributed by atoms with Gasteiger partial charge in [-0.05, 0) is 11.8 Å². The molecule has 0 N–H and O–H groups in total. The van der Waals surface area contributed by atoms with E-state index in [0.29, 0.717) is 0 Å². The summed E-state index contributed by atoms with van der Waals surface area (Å²) in [5.41, 5.74) is 8.15. The molecule has 1 heterocycles. The van der Waals surface area contributed by atoms with Crippen LogP contribution in [0.3, 0.4) is 0 Å². The molecule has 0 saturated carbocycles. The van der Waals surface area contributed by atoms with Gasteiger partial charge < -0.3 is 18.9 Å². The topological polar surface area (TPSA) is 137 Å². The number of carbonyl (C=O) groups is 3.